The Morgan fingerprint density at radius 1 is 1.17 bits per heavy atom. The van der Waals surface area contributed by atoms with Crippen LogP contribution in [0.15, 0.2) is 23.4 Å². The monoisotopic (exact) mass is 464 g/mol. The SMILES string of the molecule is CSc1nc2c(c(OS(=O)(=O)C(F)(F)F)n1)CCC1(CCc3c(Cl)cccc31)C2. The summed E-state index contributed by atoms with van der Waals surface area (Å²) in [5.74, 6) is -0.532. The highest BCUT2D eigenvalue weighted by molar-refractivity contribution is 7.98. The summed E-state index contributed by atoms with van der Waals surface area (Å²) < 4.78 is 65.9. The number of halogens is 4. The molecule has 1 unspecified atom stereocenters. The minimum absolute atomic E-state index is 0.164. The van der Waals surface area contributed by atoms with Crippen molar-refractivity contribution in [2.24, 2.45) is 0 Å². The Morgan fingerprint density at radius 2 is 1.86 bits per heavy atom. The number of aromatic nitrogens is 2. The molecule has 1 spiro atoms. The molecular weight excluding hydrogens is 449 g/mol. The van der Waals surface area contributed by atoms with Gasteiger partial charge in [-0.15, -0.1) is 0 Å². The quantitative estimate of drug-likeness (QED) is 0.289. The molecule has 4 rings (SSSR count). The third kappa shape index (κ3) is 3.48. The number of alkyl halides is 3. The van der Waals surface area contributed by atoms with Crippen LogP contribution in [0, 0.1) is 0 Å². The fourth-order valence-corrected chi connectivity index (χ4v) is 5.30. The van der Waals surface area contributed by atoms with Gasteiger partial charge in [-0.3, -0.25) is 0 Å². The Hall–Kier alpha value is -1.52. The lowest BCUT2D eigenvalue weighted by molar-refractivity contribution is -0.0502. The van der Waals surface area contributed by atoms with E-state index in [0.717, 1.165) is 35.7 Å². The Morgan fingerprint density at radius 3 is 2.52 bits per heavy atom. The molecule has 1 heterocycles. The van der Waals surface area contributed by atoms with Gasteiger partial charge in [-0.2, -0.15) is 26.6 Å². The van der Waals surface area contributed by atoms with E-state index in [4.69, 9.17) is 11.6 Å². The summed E-state index contributed by atoms with van der Waals surface area (Å²) in [6.45, 7) is 0. The second-order valence-electron chi connectivity index (χ2n) is 7.15. The van der Waals surface area contributed by atoms with Crippen LogP contribution in [0.3, 0.4) is 0 Å². The largest absolute Gasteiger partial charge is 0.534 e. The molecule has 0 saturated heterocycles. The van der Waals surface area contributed by atoms with E-state index in [2.05, 4.69) is 14.2 Å². The highest BCUT2D eigenvalue weighted by Crippen LogP contribution is 2.50. The predicted molar refractivity (Wildman–Crippen MR) is 103 cm³/mol. The van der Waals surface area contributed by atoms with Gasteiger partial charge in [0.1, 0.15) is 0 Å². The molecule has 1 aromatic carbocycles. The number of hydrogen-bond donors (Lipinski definition) is 0. The van der Waals surface area contributed by atoms with Crippen LogP contribution in [-0.2, 0) is 34.8 Å². The summed E-state index contributed by atoms with van der Waals surface area (Å²) >= 11 is 7.45. The fraction of sp³-hybridized carbons (Fsp3) is 0.444. The van der Waals surface area contributed by atoms with Crippen LogP contribution in [0.4, 0.5) is 13.2 Å². The fourth-order valence-electron chi connectivity index (χ4n) is 4.22. The van der Waals surface area contributed by atoms with E-state index >= 15 is 0 Å². The molecule has 2 aliphatic rings. The molecule has 1 aromatic heterocycles. The van der Waals surface area contributed by atoms with Crippen molar-refractivity contribution in [1.29, 1.82) is 0 Å². The highest BCUT2D eigenvalue weighted by atomic mass is 35.5. The van der Waals surface area contributed by atoms with Crippen LogP contribution in [0.1, 0.15) is 35.2 Å². The minimum atomic E-state index is -5.81. The first-order valence-corrected chi connectivity index (χ1v) is 11.8. The van der Waals surface area contributed by atoms with Crippen molar-refractivity contribution in [1.82, 2.24) is 9.97 Å². The van der Waals surface area contributed by atoms with Crippen LogP contribution in [-0.4, -0.2) is 30.1 Å². The van der Waals surface area contributed by atoms with Crippen molar-refractivity contribution in [3.05, 3.63) is 45.6 Å². The van der Waals surface area contributed by atoms with Crippen LogP contribution >= 0.6 is 23.4 Å². The molecular formula is C18H16ClF3N2O3S2. The molecule has 2 aliphatic carbocycles. The second-order valence-corrected chi connectivity index (χ2v) is 9.87. The van der Waals surface area contributed by atoms with Gasteiger partial charge in [0.15, 0.2) is 5.16 Å². The number of fused-ring (bicyclic) bond motifs is 3. The molecule has 29 heavy (non-hydrogen) atoms. The summed E-state index contributed by atoms with van der Waals surface area (Å²) in [5, 5.41) is 0.871. The molecule has 2 aromatic rings. The standard InChI is InChI=1S/C18H16ClF3N2O3S2/c1-28-16-23-14-9-17(7-5-10-12(17)3-2-4-13(10)19)8-6-11(14)15(24-16)27-29(25,26)18(20,21)22/h2-4H,5-9H2,1H3. The van der Waals surface area contributed by atoms with Gasteiger partial charge in [-0.05, 0) is 55.6 Å². The van der Waals surface area contributed by atoms with Gasteiger partial charge in [0, 0.05) is 16.0 Å². The van der Waals surface area contributed by atoms with Gasteiger partial charge >= 0.3 is 15.6 Å². The summed E-state index contributed by atoms with van der Waals surface area (Å²) in [6.07, 6.45) is 4.73. The van der Waals surface area contributed by atoms with Crippen molar-refractivity contribution < 1.29 is 25.8 Å². The molecule has 0 saturated carbocycles. The first kappa shape index (κ1) is 20.7. The Bertz CT molecular complexity index is 1090. The highest BCUT2D eigenvalue weighted by Gasteiger charge is 2.50. The number of hydrogen-bond acceptors (Lipinski definition) is 6. The lowest BCUT2D eigenvalue weighted by Crippen LogP contribution is -2.33. The van der Waals surface area contributed by atoms with E-state index in [-0.39, 0.29) is 10.6 Å². The molecule has 0 aliphatic heterocycles. The molecule has 0 bridgehead atoms. The normalized spacial score (nSPS) is 21.1. The van der Waals surface area contributed by atoms with Crippen LogP contribution < -0.4 is 4.18 Å². The van der Waals surface area contributed by atoms with Crippen molar-refractivity contribution >= 4 is 33.5 Å². The molecule has 11 heteroatoms. The summed E-state index contributed by atoms with van der Waals surface area (Å²) in [7, 11) is -5.81. The molecule has 156 valence electrons. The minimum Gasteiger partial charge on any atom is -0.355 e. The maximum absolute atomic E-state index is 12.8. The molecule has 0 fully saturated rings. The van der Waals surface area contributed by atoms with Gasteiger partial charge < -0.3 is 4.18 Å². The lowest BCUT2D eigenvalue weighted by atomic mass is 9.69. The van der Waals surface area contributed by atoms with Crippen molar-refractivity contribution in [2.45, 2.75) is 48.2 Å². The molecule has 0 radical (unpaired) electrons. The number of nitrogens with zero attached hydrogens (tertiary/aromatic N) is 2. The first-order valence-electron chi connectivity index (χ1n) is 8.79. The number of rotatable bonds is 3. The van der Waals surface area contributed by atoms with E-state index < -0.39 is 21.5 Å². The van der Waals surface area contributed by atoms with Crippen molar-refractivity contribution in [3.63, 3.8) is 0 Å². The Kier molecular flexibility index (Phi) is 5.02. The molecule has 0 amide bonds. The average molecular weight is 465 g/mol. The summed E-state index contributed by atoms with van der Waals surface area (Å²) in [4.78, 5) is 8.37. The van der Waals surface area contributed by atoms with Gasteiger partial charge in [0.25, 0.3) is 0 Å². The van der Waals surface area contributed by atoms with Crippen LogP contribution in [0.2, 0.25) is 5.02 Å². The third-order valence-electron chi connectivity index (χ3n) is 5.59. The first-order chi connectivity index (χ1) is 13.6. The third-order valence-corrected chi connectivity index (χ3v) is 7.44. The molecule has 1 atom stereocenters. The Balaban J connectivity index is 1.77. The van der Waals surface area contributed by atoms with Gasteiger partial charge in [-0.1, -0.05) is 35.5 Å². The van der Waals surface area contributed by atoms with Gasteiger partial charge in [0.05, 0.1) is 5.69 Å². The maximum Gasteiger partial charge on any atom is 0.534 e. The predicted octanol–water partition coefficient (Wildman–Crippen LogP) is 4.45. The zero-order valence-corrected chi connectivity index (χ0v) is 17.6. The van der Waals surface area contributed by atoms with Gasteiger partial charge in [-0.25, -0.2) is 4.98 Å². The number of benzene rings is 1. The van der Waals surface area contributed by atoms with Crippen LogP contribution in [0.25, 0.3) is 0 Å². The Labute approximate surface area is 175 Å². The zero-order chi connectivity index (χ0) is 21.0. The zero-order valence-electron chi connectivity index (χ0n) is 15.2. The second kappa shape index (κ2) is 7.02. The maximum atomic E-state index is 12.8. The lowest BCUT2D eigenvalue weighted by Gasteiger charge is -2.35. The smallest absolute Gasteiger partial charge is 0.355 e. The van der Waals surface area contributed by atoms with Crippen molar-refractivity contribution in [3.8, 4) is 5.88 Å². The van der Waals surface area contributed by atoms with E-state index in [9.17, 15) is 21.6 Å². The van der Waals surface area contributed by atoms with Gasteiger partial charge in [0.2, 0.25) is 5.88 Å². The summed E-state index contributed by atoms with van der Waals surface area (Å²) in [6, 6.07) is 5.76. The molecule has 0 N–H and O–H groups in total. The van der Waals surface area contributed by atoms with E-state index in [1.165, 1.54) is 0 Å². The molecule has 5 nitrogen and oxygen atoms in total. The number of thioether (sulfide) groups is 1. The van der Waals surface area contributed by atoms with Crippen LogP contribution in [0.5, 0.6) is 5.88 Å². The van der Waals surface area contributed by atoms with E-state index in [0.29, 0.717) is 35.5 Å². The topological polar surface area (TPSA) is 69.2 Å². The van der Waals surface area contributed by atoms with E-state index in [1.807, 2.05) is 18.2 Å². The van der Waals surface area contributed by atoms with Crippen molar-refractivity contribution in [2.75, 3.05) is 6.26 Å². The van der Waals surface area contributed by atoms with E-state index in [1.54, 1.807) is 6.26 Å². The average Bonchev–Trinajstić information content (AvgIpc) is 2.99. The summed E-state index contributed by atoms with van der Waals surface area (Å²) in [5.41, 5.74) is -2.69.